The average molecular weight is 298 g/mol. The van der Waals surface area contributed by atoms with Gasteiger partial charge < -0.3 is 10.1 Å². The fourth-order valence-electron chi connectivity index (χ4n) is 1.48. The summed E-state index contributed by atoms with van der Waals surface area (Å²) < 4.78 is 5.67. The van der Waals surface area contributed by atoms with Crippen LogP contribution < -0.4 is 10.1 Å². The van der Waals surface area contributed by atoms with Gasteiger partial charge in [-0.3, -0.25) is 0 Å². The van der Waals surface area contributed by atoms with E-state index >= 15 is 0 Å². The number of benzene rings is 1. The molecule has 0 spiro atoms. The van der Waals surface area contributed by atoms with Crippen molar-refractivity contribution in [3.63, 3.8) is 0 Å². The zero-order chi connectivity index (χ0) is 13.7. The maximum atomic E-state index is 6.07. The van der Waals surface area contributed by atoms with E-state index in [0.717, 1.165) is 28.7 Å². The van der Waals surface area contributed by atoms with Crippen LogP contribution in [0, 0.1) is 6.92 Å². The minimum absolute atomic E-state index is 0.384. The molecular formula is C13H16ClN3OS. The lowest BCUT2D eigenvalue weighted by Gasteiger charge is -2.06. The molecule has 0 aliphatic rings. The molecule has 0 aliphatic heterocycles. The Labute approximate surface area is 121 Å². The van der Waals surface area contributed by atoms with E-state index in [1.54, 1.807) is 0 Å². The van der Waals surface area contributed by atoms with Gasteiger partial charge in [0.1, 0.15) is 12.4 Å². The first-order valence-electron chi connectivity index (χ1n) is 6.14. The molecule has 19 heavy (non-hydrogen) atoms. The largest absolute Gasteiger partial charge is 0.485 e. The third-order valence-electron chi connectivity index (χ3n) is 2.43. The molecule has 102 valence electrons. The van der Waals surface area contributed by atoms with Crippen LogP contribution in [0.15, 0.2) is 18.2 Å². The van der Waals surface area contributed by atoms with Crippen molar-refractivity contribution in [3.05, 3.63) is 33.8 Å². The lowest BCUT2D eigenvalue weighted by molar-refractivity contribution is 0.304. The van der Waals surface area contributed by atoms with Gasteiger partial charge in [0.05, 0.1) is 5.02 Å². The molecule has 6 heteroatoms. The van der Waals surface area contributed by atoms with Crippen molar-refractivity contribution < 1.29 is 4.74 Å². The minimum atomic E-state index is 0.384. The predicted octanol–water partition coefficient (Wildman–Crippen LogP) is 3.90. The van der Waals surface area contributed by atoms with Crippen LogP contribution in [-0.4, -0.2) is 16.7 Å². The van der Waals surface area contributed by atoms with Crippen molar-refractivity contribution in [3.8, 4) is 5.75 Å². The summed E-state index contributed by atoms with van der Waals surface area (Å²) in [6, 6.07) is 5.70. The van der Waals surface area contributed by atoms with Gasteiger partial charge in [-0.25, -0.2) is 0 Å². The Hall–Kier alpha value is -1.33. The Bertz CT molecular complexity index is 544. The number of nitrogens with one attached hydrogen (secondary N) is 1. The van der Waals surface area contributed by atoms with Crippen LogP contribution in [0.25, 0.3) is 0 Å². The first kappa shape index (κ1) is 14.1. The van der Waals surface area contributed by atoms with Crippen molar-refractivity contribution in [1.82, 2.24) is 10.2 Å². The monoisotopic (exact) mass is 297 g/mol. The van der Waals surface area contributed by atoms with Gasteiger partial charge in [0.25, 0.3) is 0 Å². The second kappa shape index (κ2) is 6.73. The highest BCUT2D eigenvalue weighted by Crippen LogP contribution is 2.26. The lowest BCUT2D eigenvalue weighted by atomic mass is 10.2. The predicted molar refractivity (Wildman–Crippen MR) is 79.2 cm³/mol. The van der Waals surface area contributed by atoms with Crippen molar-refractivity contribution in [2.45, 2.75) is 26.9 Å². The molecule has 4 nitrogen and oxygen atoms in total. The summed E-state index contributed by atoms with van der Waals surface area (Å²) in [5.41, 5.74) is 1.11. The van der Waals surface area contributed by atoms with E-state index in [1.807, 2.05) is 25.1 Å². The standard InChI is InChI=1S/C13H16ClN3OS/c1-3-6-15-13-17-16-12(19-13)8-18-11-7-9(2)4-5-10(11)14/h4-5,7H,3,6,8H2,1-2H3,(H,15,17). The highest BCUT2D eigenvalue weighted by Gasteiger charge is 2.06. The smallest absolute Gasteiger partial charge is 0.205 e. The highest BCUT2D eigenvalue weighted by molar-refractivity contribution is 7.15. The number of aromatic nitrogens is 2. The van der Waals surface area contributed by atoms with Gasteiger partial charge >= 0.3 is 0 Å². The number of rotatable bonds is 6. The molecular weight excluding hydrogens is 282 g/mol. The van der Waals surface area contributed by atoms with E-state index in [-0.39, 0.29) is 0 Å². The van der Waals surface area contributed by atoms with Crippen molar-refractivity contribution in [1.29, 1.82) is 0 Å². The number of ether oxygens (including phenoxy) is 1. The van der Waals surface area contributed by atoms with Crippen molar-refractivity contribution in [2.75, 3.05) is 11.9 Å². The van der Waals surface area contributed by atoms with E-state index in [4.69, 9.17) is 16.3 Å². The van der Waals surface area contributed by atoms with Gasteiger partial charge in [-0.2, -0.15) is 0 Å². The minimum Gasteiger partial charge on any atom is -0.485 e. The van der Waals surface area contributed by atoms with E-state index in [0.29, 0.717) is 17.4 Å². The second-order valence-electron chi connectivity index (χ2n) is 4.15. The van der Waals surface area contributed by atoms with E-state index < -0.39 is 0 Å². The Kier molecular flexibility index (Phi) is 4.99. The fraction of sp³-hybridized carbons (Fsp3) is 0.385. The molecule has 0 saturated carbocycles. The molecule has 0 fully saturated rings. The molecule has 0 saturated heterocycles. The number of hydrogen-bond donors (Lipinski definition) is 1. The van der Waals surface area contributed by atoms with E-state index in [2.05, 4.69) is 22.4 Å². The van der Waals surface area contributed by atoms with E-state index in [9.17, 15) is 0 Å². The molecule has 0 atom stereocenters. The van der Waals surface area contributed by atoms with Gasteiger partial charge in [-0.05, 0) is 31.0 Å². The average Bonchev–Trinajstić information content (AvgIpc) is 2.85. The third kappa shape index (κ3) is 4.08. The summed E-state index contributed by atoms with van der Waals surface area (Å²) >= 11 is 7.57. The normalized spacial score (nSPS) is 10.5. The van der Waals surface area contributed by atoms with Gasteiger partial charge in [-0.15, -0.1) is 10.2 Å². The molecule has 0 unspecified atom stereocenters. The topological polar surface area (TPSA) is 47.0 Å². The number of anilines is 1. The van der Waals surface area contributed by atoms with Crippen LogP contribution >= 0.6 is 22.9 Å². The van der Waals surface area contributed by atoms with Gasteiger partial charge in [-0.1, -0.05) is 35.9 Å². The Morgan fingerprint density at radius 2 is 2.21 bits per heavy atom. The van der Waals surface area contributed by atoms with E-state index in [1.165, 1.54) is 11.3 Å². The fourth-order valence-corrected chi connectivity index (χ4v) is 2.33. The summed E-state index contributed by atoms with van der Waals surface area (Å²) in [6.45, 7) is 5.40. The summed E-state index contributed by atoms with van der Waals surface area (Å²) in [4.78, 5) is 0. The Morgan fingerprint density at radius 3 is 3.00 bits per heavy atom. The molecule has 0 amide bonds. The molecule has 2 aromatic rings. The van der Waals surface area contributed by atoms with Crippen LogP contribution in [0.1, 0.15) is 23.9 Å². The molecule has 2 rings (SSSR count). The lowest BCUT2D eigenvalue weighted by Crippen LogP contribution is -1.98. The number of nitrogens with zero attached hydrogens (tertiary/aromatic N) is 2. The number of hydrogen-bond acceptors (Lipinski definition) is 5. The summed E-state index contributed by atoms with van der Waals surface area (Å²) in [5.74, 6) is 0.680. The number of halogens is 1. The first-order valence-corrected chi connectivity index (χ1v) is 7.33. The maximum Gasteiger partial charge on any atom is 0.205 e. The maximum absolute atomic E-state index is 6.07. The summed E-state index contributed by atoms with van der Waals surface area (Å²) in [5, 5.41) is 13.6. The highest BCUT2D eigenvalue weighted by atomic mass is 35.5. The van der Waals surface area contributed by atoms with Crippen LogP contribution in [0.4, 0.5) is 5.13 Å². The molecule has 1 aromatic carbocycles. The van der Waals surface area contributed by atoms with Crippen LogP contribution in [0.3, 0.4) is 0 Å². The zero-order valence-electron chi connectivity index (χ0n) is 10.9. The number of aryl methyl sites for hydroxylation is 1. The second-order valence-corrected chi connectivity index (χ2v) is 5.62. The molecule has 0 aliphatic carbocycles. The zero-order valence-corrected chi connectivity index (χ0v) is 12.5. The summed E-state index contributed by atoms with van der Waals surface area (Å²) in [6.07, 6.45) is 1.06. The molecule has 1 aromatic heterocycles. The van der Waals surface area contributed by atoms with Gasteiger partial charge in [0.2, 0.25) is 5.13 Å². The van der Waals surface area contributed by atoms with Gasteiger partial charge in [0, 0.05) is 6.54 Å². The van der Waals surface area contributed by atoms with Crippen molar-refractivity contribution >= 4 is 28.1 Å². The molecule has 0 radical (unpaired) electrons. The van der Waals surface area contributed by atoms with Gasteiger partial charge in [0.15, 0.2) is 5.01 Å². The van der Waals surface area contributed by atoms with Crippen LogP contribution in [0.2, 0.25) is 5.02 Å². The Morgan fingerprint density at radius 1 is 1.37 bits per heavy atom. The summed E-state index contributed by atoms with van der Waals surface area (Å²) in [7, 11) is 0. The first-order chi connectivity index (χ1) is 9.19. The Balaban J connectivity index is 1.94. The van der Waals surface area contributed by atoms with Crippen LogP contribution in [0.5, 0.6) is 5.75 Å². The van der Waals surface area contributed by atoms with Crippen LogP contribution in [-0.2, 0) is 6.61 Å². The molecule has 0 bridgehead atoms. The third-order valence-corrected chi connectivity index (χ3v) is 3.60. The quantitative estimate of drug-likeness (QED) is 0.878. The SMILES string of the molecule is CCCNc1nnc(COc2cc(C)ccc2Cl)s1. The van der Waals surface area contributed by atoms with Crippen molar-refractivity contribution in [2.24, 2.45) is 0 Å². The molecule has 1 heterocycles. The molecule has 1 N–H and O–H groups in total.